The van der Waals surface area contributed by atoms with Gasteiger partial charge in [0, 0.05) is 10.8 Å². The van der Waals surface area contributed by atoms with Gasteiger partial charge in [0.2, 0.25) is 0 Å². The molecular formula is C11H19NS. The molecule has 0 spiro atoms. The minimum Gasteiger partial charge on any atom is -0.249 e. The topological polar surface area (TPSA) is 12.9 Å². The van der Waals surface area contributed by atoms with Crippen LogP contribution < -0.4 is 0 Å². The van der Waals surface area contributed by atoms with E-state index in [1.165, 1.54) is 31.4 Å². The normalized spacial score (nSPS) is 11.9. The molecule has 0 N–H and O–H groups in total. The Morgan fingerprint density at radius 1 is 1.38 bits per heavy atom. The highest BCUT2D eigenvalue weighted by molar-refractivity contribution is 7.07. The van der Waals surface area contributed by atoms with Crippen LogP contribution in [0, 0.1) is 0 Å². The van der Waals surface area contributed by atoms with Crippen LogP contribution in [0.15, 0.2) is 10.9 Å². The summed E-state index contributed by atoms with van der Waals surface area (Å²) in [5.74, 6) is 0. The van der Waals surface area contributed by atoms with Crippen molar-refractivity contribution in [1.82, 2.24) is 4.98 Å². The van der Waals surface area contributed by atoms with Gasteiger partial charge in [0.15, 0.2) is 0 Å². The second kappa shape index (κ2) is 4.75. The summed E-state index contributed by atoms with van der Waals surface area (Å²) in [6, 6.07) is 0. The molecule has 0 aliphatic carbocycles. The van der Waals surface area contributed by atoms with Crippen LogP contribution in [0.1, 0.15) is 52.1 Å². The Morgan fingerprint density at radius 2 is 2.15 bits per heavy atom. The summed E-state index contributed by atoms with van der Waals surface area (Å²) in [6.07, 6.45) is 5.21. The van der Waals surface area contributed by atoms with Crippen molar-refractivity contribution < 1.29 is 0 Å². The minimum atomic E-state index is 0.273. The molecule has 0 unspecified atom stereocenters. The predicted octanol–water partition coefficient (Wildman–Crippen LogP) is 4.00. The van der Waals surface area contributed by atoms with Crippen molar-refractivity contribution in [3.05, 3.63) is 16.6 Å². The summed E-state index contributed by atoms with van der Waals surface area (Å²) in [6.45, 7) is 6.82. The first kappa shape index (κ1) is 10.7. The zero-order valence-corrected chi connectivity index (χ0v) is 9.66. The number of rotatable bonds is 5. The summed E-state index contributed by atoms with van der Waals surface area (Å²) in [5, 5.41) is 2.17. The van der Waals surface area contributed by atoms with Crippen LogP contribution in [0.25, 0.3) is 0 Å². The maximum absolute atomic E-state index is 4.39. The summed E-state index contributed by atoms with van der Waals surface area (Å²) in [7, 11) is 0. The number of unbranched alkanes of at least 4 members (excludes halogenated alkanes) is 2. The lowest BCUT2D eigenvalue weighted by atomic mass is 9.84. The van der Waals surface area contributed by atoms with E-state index in [-0.39, 0.29) is 5.41 Å². The Kier molecular flexibility index (Phi) is 3.91. The minimum absolute atomic E-state index is 0.273. The van der Waals surface area contributed by atoms with Crippen molar-refractivity contribution in [1.29, 1.82) is 0 Å². The van der Waals surface area contributed by atoms with E-state index in [4.69, 9.17) is 0 Å². The van der Waals surface area contributed by atoms with Crippen molar-refractivity contribution in [3.8, 4) is 0 Å². The standard InChI is InChI=1S/C11H19NS/c1-4-5-6-7-11(2,3)10-8-13-9-12-10/h8-9H,4-7H2,1-3H3. The average Bonchev–Trinajstić information content (AvgIpc) is 2.56. The van der Waals surface area contributed by atoms with Gasteiger partial charge in [-0.3, -0.25) is 0 Å². The van der Waals surface area contributed by atoms with Crippen molar-refractivity contribution in [3.63, 3.8) is 0 Å². The molecule has 2 heteroatoms. The van der Waals surface area contributed by atoms with E-state index in [1.807, 2.05) is 5.51 Å². The van der Waals surface area contributed by atoms with Gasteiger partial charge in [0.05, 0.1) is 11.2 Å². The maximum atomic E-state index is 4.39. The van der Waals surface area contributed by atoms with Crippen LogP contribution in [0.3, 0.4) is 0 Å². The monoisotopic (exact) mass is 197 g/mol. The van der Waals surface area contributed by atoms with E-state index < -0.39 is 0 Å². The summed E-state index contributed by atoms with van der Waals surface area (Å²) < 4.78 is 0. The van der Waals surface area contributed by atoms with Gasteiger partial charge in [-0.2, -0.15) is 0 Å². The molecule has 1 nitrogen and oxygen atoms in total. The lowest BCUT2D eigenvalue weighted by Crippen LogP contribution is -2.17. The fourth-order valence-electron chi connectivity index (χ4n) is 1.49. The highest BCUT2D eigenvalue weighted by Gasteiger charge is 2.21. The Balaban J connectivity index is 2.46. The Labute approximate surface area is 85.2 Å². The molecule has 13 heavy (non-hydrogen) atoms. The molecule has 0 amide bonds. The summed E-state index contributed by atoms with van der Waals surface area (Å²) in [5.41, 5.74) is 3.46. The van der Waals surface area contributed by atoms with Gasteiger partial charge in [-0.05, 0) is 6.42 Å². The van der Waals surface area contributed by atoms with Gasteiger partial charge in [0.1, 0.15) is 0 Å². The highest BCUT2D eigenvalue weighted by Crippen LogP contribution is 2.28. The van der Waals surface area contributed by atoms with Gasteiger partial charge in [0.25, 0.3) is 0 Å². The van der Waals surface area contributed by atoms with Gasteiger partial charge in [-0.15, -0.1) is 11.3 Å². The van der Waals surface area contributed by atoms with E-state index in [9.17, 15) is 0 Å². The molecule has 0 fully saturated rings. The number of aromatic nitrogens is 1. The largest absolute Gasteiger partial charge is 0.249 e. The fraction of sp³-hybridized carbons (Fsp3) is 0.727. The molecule has 0 bridgehead atoms. The van der Waals surface area contributed by atoms with Gasteiger partial charge < -0.3 is 0 Å². The van der Waals surface area contributed by atoms with Crippen LogP contribution in [-0.2, 0) is 5.41 Å². The molecule has 74 valence electrons. The van der Waals surface area contributed by atoms with Crippen LogP contribution in [0.4, 0.5) is 0 Å². The molecule has 1 rings (SSSR count). The zero-order chi connectivity index (χ0) is 9.73. The van der Waals surface area contributed by atoms with E-state index >= 15 is 0 Å². The highest BCUT2D eigenvalue weighted by atomic mass is 32.1. The zero-order valence-electron chi connectivity index (χ0n) is 8.84. The third-order valence-electron chi connectivity index (χ3n) is 2.53. The molecular weight excluding hydrogens is 178 g/mol. The maximum Gasteiger partial charge on any atom is 0.0794 e. The Hall–Kier alpha value is -0.370. The van der Waals surface area contributed by atoms with Crippen molar-refractivity contribution >= 4 is 11.3 Å². The number of nitrogens with zero attached hydrogens (tertiary/aromatic N) is 1. The molecule has 1 aromatic rings. The molecule has 0 aliphatic rings. The smallest absolute Gasteiger partial charge is 0.0794 e. The predicted molar refractivity (Wildman–Crippen MR) is 59.3 cm³/mol. The molecule has 0 saturated heterocycles. The van der Waals surface area contributed by atoms with E-state index in [0.29, 0.717) is 0 Å². The molecule has 0 aromatic carbocycles. The average molecular weight is 197 g/mol. The number of thiazole rings is 1. The lowest BCUT2D eigenvalue weighted by Gasteiger charge is -2.22. The second-order valence-corrected chi connectivity index (χ2v) is 4.93. The summed E-state index contributed by atoms with van der Waals surface area (Å²) >= 11 is 1.69. The Bertz CT molecular complexity index is 226. The molecule has 1 aromatic heterocycles. The summed E-state index contributed by atoms with van der Waals surface area (Å²) in [4.78, 5) is 4.39. The molecule has 1 heterocycles. The lowest BCUT2D eigenvalue weighted by molar-refractivity contribution is 0.441. The van der Waals surface area contributed by atoms with E-state index in [1.54, 1.807) is 11.3 Å². The SMILES string of the molecule is CCCCCC(C)(C)c1cscn1. The van der Waals surface area contributed by atoms with Crippen LogP contribution in [0.5, 0.6) is 0 Å². The van der Waals surface area contributed by atoms with Crippen molar-refractivity contribution in [2.45, 2.75) is 51.9 Å². The first-order valence-corrected chi connectivity index (χ1v) is 6.00. The third-order valence-corrected chi connectivity index (χ3v) is 3.12. The van der Waals surface area contributed by atoms with E-state index in [0.717, 1.165) is 0 Å². The molecule has 0 saturated carbocycles. The number of hydrogen-bond acceptors (Lipinski definition) is 2. The quantitative estimate of drug-likeness (QED) is 0.650. The van der Waals surface area contributed by atoms with Crippen LogP contribution in [-0.4, -0.2) is 4.98 Å². The molecule has 0 aliphatic heterocycles. The van der Waals surface area contributed by atoms with Gasteiger partial charge in [-0.25, -0.2) is 4.98 Å². The Morgan fingerprint density at radius 3 is 2.69 bits per heavy atom. The van der Waals surface area contributed by atoms with Crippen LogP contribution >= 0.6 is 11.3 Å². The first-order valence-electron chi connectivity index (χ1n) is 5.05. The van der Waals surface area contributed by atoms with Gasteiger partial charge >= 0.3 is 0 Å². The van der Waals surface area contributed by atoms with Crippen molar-refractivity contribution in [2.75, 3.05) is 0 Å². The first-order chi connectivity index (χ1) is 6.17. The molecule has 0 atom stereocenters. The van der Waals surface area contributed by atoms with Crippen LogP contribution in [0.2, 0.25) is 0 Å². The van der Waals surface area contributed by atoms with E-state index in [2.05, 4.69) is 31.1 Å². The number of hydrogen-bond donors (Lipinski definition) is 0. The molecule has 0 radical (unpaired) electrons. The fourth-order valence-corrected chi connectivity index (χ4v) is 2.24. The third kappa shape index (κ3) is 3.11. The second-order valence-electron chi connectivity index (χ2n) is 4.21. The van der Waals surface area contributed by atoms with Gasteiger partial charge in [-0.1, -0.05) is 40.0 Å². The van der Waals surface area contributed by atoms with Crippen molar-refractivity contribution in [2.24, 2.45) is 0 Å².